The molecule has 3 N–H and O–H groups in total. The summed E-state index contributed by atoms with van der Waals surface area (Å²) < 4.78 is 0. The van der Waals surface area contributed by atoms with Crippen molar-refractivity contribution in [1.29, 1.82) is 0 Å². The van der Waals surface area contributed by atoms with Crippen LogP contribution in [0.5, 0.6) is 0 Å². The smallest absolute Gasteiger partial charge is 0.322 e. The highest BCUT2D eigenvalue weighted by Crippen LogP contribution is 2.25. The van der Waals surface area contributed by atoms with Gasteiger partial charge in [0.25, 0.3) is 0 Å². The first kappa shape index (κ1) is 15.1. The molecule has 1 saturated heterocycles. The van der Waals surface area contributed by atoms with E-state index in [1.165, 1.54) is 0 Å². The fourth-order valence-corrected chi connectivity index (χ4v) is 2.95. The molecule has 1 aliphatic rings. The lowest BCUT2D eigenvalue weighted by atomic mass is 9.89. The van der Waals surface area contributed by atoms with E-state index in [4.69, 9.17) is 17.3 Å². The Bertz CT molecular complexity index is 466. The summed E-state index contributed by atoms with van der Waals surface area (Å²) in [5.74, 6) is 0.679. The van der Waals surface area contributed by atoms with Crippen molar-refractivity contribution in [1.82, 2.24) is 4.90 Å². The van der Waals surface area contributed by atoms with Crippen LogP contribution in [0.4, 0.5) is 10.5 Å². The van der Waals surface area contributed by atoms with Crippen LogP contribution in [0.25, 0.3) is 0 Å². The molecule has 1 fully saturated rings. The van der Waals surface area contributed by atoms with Gasteiger partial charge in [-0.05, 0) is 37.0 Å². The van der Waals surface area contributed by atoms with E-state index in [1.54, 1.807) is 12.1 Å². The number of nitrogens with one attached hydrogen (secondary N) is 1. The number of urea groups is 1. The number of nitrogens with zero attached hydrogens (tertiary/aromatic N) is 1. The molecule has 2 atom stereocenters. The van der Waals surface area contributed by atoms with Gasteiger partial charge in [0, 0.05) is 29.8 Å². The van der Waals surface area contributed by atoms with E-state index in [9.17, 15) is 4.79 Å². The summed E-state index contributed by atoms with van der Waals surface area (Å²) in [4.78, 5) is 14.2. The van der Waals surface area contributed by atoms with Gasteiger partial charge in [0.2, 0.25) is 0 Å². The Hall–Kier alpha value is -1.26. The molecule has 20 heavy (non-hydrogen) atoms. The van der Waals surface area contributed by atoms with Gasteiger partial charge in [0.05, 0.1) is 0 Å². The monoisotopic (exact) mass is 295 g/mol. The lowest BCUT2D eigenvalue weighted by Crippen LogP contribution is -2.51. The molecule has 0 radical (unpaired) electrons. The van der Waals surface area contributed by atoms with Crippen molar-refractivity contribution in [3.05, 3.63) is 29.3 Å². The molecule has 1 aromatic carbocycles. The number of benzene rings is 1. The Morgan fingerprint density at radius 1 is 1.55 bits per heavy atom. The maximum absolute atomic E-state index is 12.4. The van der Waals surface area contributed by atoms with Crippen molar-refractivity contribution >= 4 is 23.3 Å². The van der Waals surface area contributed by atoms with Crippen LogP contribution in [0.2, 0.25) is 5.02 Å². The van der Waals surface area contributed by atoms with Crippen LogP contribution in [0.1, 0.15) is 26.2 Å². The lowest BCUT2D eigenvalue weighted by molar-refractivity contribution is 0.138. The SMILES string of the molecule is CCC1CCN(C(=O)Nc2cccc(Cl)c2)C(CN)C1. The number of carbonyl (C=O) groups excluding carboxylic acids is 1. The van der Waals surface area contributed by atoms with Crippen molar-refractivity contribution in [2.45, 2.75) is 32.2 Å². The minimum atomic E-state index is -0.0859. The van der Waals surface area contributed by atoms with Crippen LogP contribution in [0.15, 0.2) is 24.3 Å². The number of rotatable bonds is 3. The van der Waals surface area contributed by atoms with Gasteiger partial charge >= 0.3 is 6.03 Å². The van der Waals surface area contributed by atoms with E-state index in [0.29, 0.717) is 17.5 Å². The largest absolute Gasteiger partial charge is 0.328 e. The molecule has 2 unspecified atom stereocenters. The molecule has 1 aliphatic heterocycles. The third kappa shape index (κ3) is 3.64. The van der Waals surface area contributed by atoms with Crippen molar-refractivity contribution in [2.75, 3.05) is 18.4 Å². The standard InChI is InChI=1S/C15H22ClN3O/c1-2-11-6-7-19(14(8-11)10-17)15(20)18-13-5-3-4-12(16)9-13/h3-5,9,11,14H,2,6-8,10,17H2,1H3,(H,18,20). The summed E-state index contributed by atoms with van der Waals surface area (Å²) in [6.45, 7) is 3.48. The van der Waals surface area contributed by atoms with Gasteiger partial charge in [0.1, 0.15) is 0 Å². The van der Waals surface area contributed by atoms with E-state index in [2.05, 4.69) is 12.2 Å². The molecule has 2 amide bonds. The highest BCUT2D eigenvalue weighted by molar-refractivity contribution is 6.30. The first-order chi connectivity index (χ1) is 9.63. The molecule has 4 nitrogen and oxygen atoms in total. The first-order valence-electron chi connectivity index (χ1n) is 7.17. The van der Waals surface area contributed by atoms with Crippen LogP contribution in [0.3, 0.4) is 0 Å². The van der Waals surface area contributed by atoms with Gasteiger partial charge in [-0.2, -0.15) is 0 Å². The molecular formula is C15H22ClN3O. The molecule has 0 saturated carbocycles. The lowest BCUT2D eigenvalue weighted by Gasteiger charge is -2.38. The number of hydrogen-bond donors (Lipinski definition) is 2. The van der Waals surface area contributed by atoms with Crippen LogP contribution >= 0.6 is 11.6 Å². The van der Waals surface area contributed by atoms with Gasteiger partial charge in [-0.1, -0.05) is 31.0 Å². The molecule has 0 aromatic heterocycles. The molecule has 0 bridgehead atoms. The third-order valence-electron chi connectivity index (χ3n) is 4.01. The fourth-order valence-electron chi connectivity index (χ4n) is 2.76. The maximum atomic E-state index is 12.4. The fraction of sp³-hybridized carbons (Fsp3) is 0.533. The van der Waals surface area contributed by atoms with Gasteiger partial charge < -0.3 is 16.0 Å². The number of piperidine rings is 1. The second-order valence-corrected chi connectivity index (χ2v) is 5.76. The molecule has 1 heterocycles. The second kappa shape index (κ2) is 6.95. The number of anilines is 1. The topological polar surface area (TPSA) is 58.4 Å². The maximum Gasteiger partial charge on any atom is 0.322 e. The van der Waals surface area contributed by atoms with Crippen molar-refractivity contribution in [3.63, 3.8) is 0 Å². The molecule has 0 aliphatic carbocycles. The van der Waals surface area contributed by atoms with Gasteiger partial charge in [0.15, 0.2) is 0 Å². The Morgan fingerprint density at radius 2 is 2.35 bits per heavy atom. The van der Waals surface area contributed by atoms with E-state index in [0.717, 1.165) is 31.5 Å². The number of hydrogen-bond acceptors (Lipinski definition) is 2. The zero-order chi connectivity index (χ0) is 14.5. The molecule has 1 aromatic rings. The van der Waals surface area contributed by atoms with E-state index in [-0.39, 0.29) is 12.1 Å². The Morgan fingerprint density at radius 3 is 3.00 bits per heavy atom. The molecule has 0 spiro atoms. The third-order valence-corrected chi connectivity index (χ3v) is 4.25. The highest BCUT2D eigenvalue weighted by atomic mass is 35.5. The number of amides is 2. The zero-order valence-electron chi connectivity index (χ0n) is 11.8. The summed E-state index contributed by atoms with van der Waals surface area (Å²) in [6, 6.07) is 7.23. The minimum Gasteiger partial charge on any atom is -0.328 e. The van der Waals surface area contributed by atoms with Crippen LogP contribution < -0.4 is 11.1 Å². The van der Waals surface area contributed by atoms with Crippen molar-refractivity contribution in [2.24, 2.45) is 11.7 Å². The highest BCUT2D eigenvalue weighted by Gasteiger charge is 2.29. The van der Waals surface area contributed by atoms with Crippen LogP contribution in [-0.4, -0.2) is 30.1 Å². The van der Waals surface area contributed by atoms with Gasteiger partial charge in [-0.15, -0.1) is 0 Å². The first-order valence-corrected chi connectivity index (χ1v) is 7.55. The number of likely N-dealkylation sites (tertiary alicyclic amines) is 1. The predicted molar refractivity (Wildman–Crippen MR) is 83.0 cm³/mol. The Labute approximate surface area is 125 Å². The zero-order valence-corrected chi connectivity index (χ0v) is 12.6. The number of halogens is 1. The van der Waals surface area contributed by atoms with Gasteiger partial charge in [-0.25, -0.2) is 4.79 Å². The molecule has 110 valence electrons. The molecule has 2 rings (SSSR count). The summed E-state index contributed by atoms with van der Waals surface area (Å²) in [7, 11) is 0. The summed E-state index contributed by atoms with van der Waals surface area (Å²) in [6.07, 6.45) is 3.20. The van der Waals surface area contributed by atoms with E-state index < -0.39 is 0 Å². The quantitative estimate of drug-likeness (QED) is 0.898. The Balaban J connectivity index is 2.01. The normalized spacial score (nSPS) is 22.6. The van der Waals surface area contributed by atoms with Crippen LogP contribution in [-0.2, 0) is 0 Å². The van der Waals surface area contributed by atoms with Crippen molar-refractivity contribution < 1.29 is 4.79 Å². The summed E-state index contributed by atoms with van der Waals surface area (Å²) >= 11 is 5.92. The van der Waals surface area contributed by atoms with Crippen LogP contribution in [0, 0.1) is 5.92 Å². The predicted octanol–water partition coefficient (Wildman–Crippen LogP) is 3.32. The average Bonchev–Trinajstić information content (AvgIpc) is 2.46. The second-order valence-electron chi connectivity index (χ2n) is 5.32. The number of nitrogens with two attached hydrogens (primary N) is 1. The summed E-state index contributed by atoms with van der Waals surface area (Å²) in [5, 5.41) is 3.51. The van der Waals surface area contributed by atoms with Gasteiger partial charge in [-0.3, -0.25) is 0 Å². The van der Waals surface area contributed by atoms with E-state index >= 15 is 0 Å². The average molecular weight is 296 g/mol. The number of carbonyl (C=O) groups is 1. The molecular weight excluding hydrogens is 274 g/mol. The minimum absolute atomic E-state index is 0.0859. The van der Waals surface area contributed by atoms with E-state index in [1.807, 2.05) is 17.0 Å². The Kier molecular flexibility index (Phi) is 5.26. The summed E-state index contributed by atoms with van der Waals surface area (Å²) in [5.41, 5.74) is 6.54. The van der Waals surface area contributed by atoms with Crippen molar-refractivity contribution in [3.8, 4) is 0 Å². The molecule has 5 heteroatoms.